The van der Waals surface area contributed by atoms with E-state index < -0.39 is 0 Å². The molecule has 2 unspecified atom stereocenters. The maximum absolute atomic E-state index is 13.9. The zero-order valence-corrected chi connectivity index (χ0v) is 24.9. The van der Waals surface area contributed by atoms with E-state index in [2.05, 4.69) is 21.3 Å². The topological polar surface area (TPSA) is 100 Å². The summed E-state index contributed by atoms with van der Waals surface area (Å²) in [5.74, 6) is 3.24. The minimum Gasteiger partial charge on any atom is -0.494 e. The quantitative estimate of drug-likeness (QED) is 0.331. The first-order valence-electron chi connectivity index (χ1n) is 16.2. The predicted molar refractivity (Wildman–Crippen MR) is 164 cm³/mol. The molecule has 9 heteroatoms. The Kier molecular flexibility index (Phi) is 5.77. The predicted octanol–water partition coefficient (Wildman–Crippen LogP) is 4.99. The second kappa shape index (κ2) is 9.53. The number of methoxy groups -OCH3 is 1. The van der Waals surface area contributed by atoms with Gasteiger partial charge in [0.05, 0.1) is 23.9 Å². The van der Waals surface area contributed by atoms with Crippen molar-refractivity contribution in [1.82, 2.24) is 24.0 Å². The van der Waals surface area contributed by atoms with Crippen LogP contribution in [0.3, 0.4) is 0 Å². The number of fused-ring (bicyclic) bond motifs is 4. The number of benzene rings is 1. The van der Waals surface area contributed by atoms with E-state index >= 15 is 0 Å². The Hall–Kier alpha value is -3.43. The molecule has 1 amide bonds. The number of amides is 1. The van der Waals surface area contributed by atoms with Crippen LogP contribution >= 0.6 is 0 Å². The van der Waals surface area contributed by atoms with E-state index in [1.54, 1.807) is 7.11 Å². The van der Waals surface area contributed by atoms with Gasteiger partial charge in [-0.25, -0.2) is 9.97 Å². The van der Waals surface area contributed by atoms with Gasteiger partial charge in [0.25, 0.3) is 5.91 Å². The lowest BCUT2D eigenvalue weighted by atomic mass is 9.69. The van der Waals surface area contributed by atoms with Crippen LogP contribution in [0.1, 0.15) is 61.7 Å². The molecule has 2 aliphatic heterocycles. The van der Waals surface area contributed by atoms with E-state index in [4.69, 9.17) is 25.2 Å². The summed E-state index contributed by atoms with van der Waals surface area (Å²) in [7, 11) is 1.70. The van der Waals surface area contributed by atoms with Gasteiger partial charge in [-0.2, -0.15) is 0 Å². The number of rotatable bonds is 7. The first-order chi connectivity index (χ1) is 21.0. The largest absolute Gasteiger partial charge is 0.494 e. The fraction of sp³-hybridized carbons (Fsp3) is 0.559. The molecule has 3 aromatic heterocycles. The van der Waals surface area contributed by atoms with E-state index in [-0.39, 0.29) is 23.6 Å². The molecule has 2 N–H and O–H groups in total. The third-order valence-corrected chi connectivity index (χ3v) is 11.2. The molecule has 3 saturated carbocycles. The summed E-state index contributed by atoms with van der Waals surface area (Å²) >= 11 is 0. The SMILES string of the molecule is COc1cc(C(=O)N2C[C@H]3CCC2C3N)cc2nc(-c3cc4cccnc4n3CC3CC3)n(CC3CC4(CCCO4)C3)c12. The molecular weight excluding hydrogens is 540 g/mol. The van der Waals surface area contributed by atoms with E-state index in [9.17, 15) is 4.79 Å². The number of nitrogens with two attached hydrogens (primary N) is 1. The monoisotopic (exact) mass is 580 g/mol. The number of aromatic nitrogens is 4. The molecule has 0 radical (unpaired) electrons. The summed E-state index contributed by atoms with van der Waals surface area (Å²) in [6.07, 6.45) is 11.0. The summed E-state index contributed by atoms with van der Waals surface area (Å²) in [5, 5.41) is 1.13. The van der Waals surface area contributed by atoms with Crippen molar-refractivity contribution >= 4 is 28.0 Å². The number of imidazole rings is 1. The molecule has 1 aromatic carbocycles. The van der Waals surface area contributed by atoms with Crippen molar-refractivity contribution in [2.24, 2.45) is 23.5 Å². The normalized spacial score (nSPS) is 29.8. The van der Waals surface area contributed by atoms with Crippen LogP contribution in [-0.4, -0.2) is 67.9 Å². The summed E-state index contributed by atoms with van der Waals surface area (Å²) in [4.78, 5) is 26.0. The number of likely N-dealkylation sites (tertiary alicyclic amines) is 1. The number of piperidine rings is 1. The lowest BCUT2D eigenvalue weighted by Crippen LogP contribution is -2.44. The van der Waals surface area contributed by atoms with Gasteiger partial charge in [0.15, 0.2) is 5.82 Å². The maximum Gasteiger partial charge on any atom is 0.254 e. The highest BCUT2D eigenvalue weighted by Crippen LogP contribution is 2.49. The number of hydrogen-bond acceptors (Lipinski definition) is 6. The first kappa shape index (κ1) is 26.0. The molecule has 4 aromatic rings. The molecule has 5 aliphatic rings. The molecule has 5 fully saturated rings. The van der Waals surface area contributed by atoms with Gasteiger partial charge in [0.1, 0.15) is 16.9 Å². The van der Waals surface area contributed by atoms with Gasteiger partial charge in [-0.15, -0.1) is 0 Å². The summed E-state index contributed by atoms with van der Waals surface area (Å²) in [6, 6.07) is 10.5. The van der Waals surface area contributed by atoms with E-state index in [0.717, 1.165) is 91.9 Å². The number of carbonyl (C=O) groups is 1. The van der Waals surface area contributed by atoms with Crippen LogP contribution in [0.4, 0.5) is 0 Å². The number of ether oxygens (including phenoxy) is 2. The second-order valence-electron chi connectivity index (χ2n) is 13.9. The van der Waals surface area contributed by atoms with Crippen LogP contribution < -0.4 is 10.5 Å². The third-order valence-electron chi connectivity index (χ3n) is 11.2. The van der Waals surface area contributed by atoms with Gasteiger partial charge >= 0.3 is 0 Å². The fourth-order valence-electron chi connectivity index (χ4n) is 8.80. The molecule has 224 valence electrons. The van der Waals surface area contributed by atoms with Gasteiger partial charge in [0, 0.05) is 55.5 Å². The number of carbonyl (C=O) groups excluding carboxylic acids is 1. The minimum atomic E-state index is 0.0327. The Morgan fingerprint density at radius 1 is 1.12 bits per heavy atom. The Morgan fingerprint density at radius 2 is 1.98 bits per heavy atom. The molecular formula is C34H40N6O3. The summed E-state index contributed by atoms with van der Waals surface area (Å²) in [6.45, 7) is 3.40. The average Bonchev–Trinajstić information content (AvgIpc) is 3.35. The zero-order valence-electron chi connectivity index (χ0n) is 24.9. The van der Waals surface area contributed by atoms with Crippen molar-refractivity contribution in [3.63, 3.8) is 0 Å². The molecule has 1 spiro atoms. The lowest BCUT2D eigenvalue weighted by molar-refractivity contribution is -0.0939. The zero-order chi connectivity index (χ0) is 28.9. The average molecular weight is 581 g/mol. The summed E-state index contributed by atoms with van der Waals surface area (Å²) in [5.41, 5.74) is 11.0. The van der Waals surface area contributed by atoms with Crippen molar-refractivity contribution in [3.05, 3.63) is 42.1 Å². The van der Waals surface area contributed by atoms with E-state index in [1.165, 1.54) is 19.3 Å². The molecule has 2 saturated heterocycles. The fourth-order valence-corrected chi connectivity index (χ4v) is 8.80. The second-order valence-corrected chi connectivity index (χ2v) is 13.9. The highest BCUT2D eigenvalue weighted by molar-refractivity contribution is 6.00. The Morgan fingerprint density at radius 3 is 2.70 bits per heavy atom. The molecule has 5 heterocycles. The van der Waals surface area contributed by atoms with Crippen molar-refractivity contribution in [1.29, 1.82) is 0 Å². The molecule has 2 bridgehead atoms. The third kappa shape index (κ3) is 4.07. The Bertz CT molecular complexity index is 1740. The highest BCUT2D eigenvalue weighted by atomic mass is 16.5. The van der Waals surface area contributed by atoms with Crippen molar-refractivity contribution in [2.45, 2.75) is 82.1 Å². The molecule has 3 atom stereocenters. The van der Waals surface area contributed by atoms with E-state index in [1.807, 2.05) is 29.3 Å². The minimum absolute atomic E-state index is 0.0327. The van der Waals surface area contributed by atoms with Crippen LogP contribution in [0.2, 0.25) is 0 Å². The van der Waals surface area contributed by atoms with Crippen LogP contribution in [0.5, 0.6) is 5.75 Å². The lowest BCUT2D eigenvalue weighted by Gasteiger charge is -2.44. The molecule has 9 nitrogen and oxygen atoms in total. The van der Waals surface area contributed by atoms with E-state index in [0.29, 0.717) is 29.1 Å². The van der Waals surface area contributed by atoms with Crippen molar-refractivity contribution in [3.8, 4) is 17.3 Å². The Labute approximate surface area is 251 Å². The van der Waals surface area contributed by atoms with Gasteiger partial charge in [-0.05, 0) is 99.5 Å². The summed E-state index contributed by atoms with van der Waals surface area (Å²) < 4.78 is 17.0. The molecule has 9 rings (SSSR count). The number of hydrogen-bond donors (Lipinski definition) is 1. The van der Waals surface area contributed by atoms with Crippen LogP contribution in [-0.2, 0) is 17.8 Å². The van der Waals surface area contributed by atoms with Gasteiger partial charge in [0.2, 0.25) is 0 Å². The van der Waals surface area contributed by atoms with Gasteiger partial charge in [-0.3, -0.25) is 4.79 Å². The standard InChI is InChI=1S/C34H40N6O3/c1-42-28-14-24(33(41)39-19-23-7-8-26(39)29(23)35)12-25-30(28)40(18-21-15-34(16-21)9-3-11-43-34)32(37-25)27-13-22-4-2-10-36-31(22)38(27)17-20-5-6-20/h2,4,10,12-14,20-21,23,26,29H,3,5-9,11,15-19,35H2,1H3/t21?,23-,26?,29?,34?/m1/s1. The van der Waals surface area contributed by atoms with Crippen LogP contribution in [0, 0.1) is 17.8 Å². The smallest absolute Gasteiger partial charge is 0.254 e. The first-order valence-corrected chi connectivity index (χ1v) is 16.2. The number of pyridine rings is 1. The van der Waals surface area contributed by atoms with Gasteiger partial charge < -0.3 is 29.2 Å². The van der Waals surface area contributed by atoms with Crippen molar-refractivity contribution in [2.75, 3.05) is 20.3 Å². The number of nitrogens with zero attached hydrogens (tertiary/aromatic N) is 5. The van der Waals surface area contributed by atoms with Crippen molar-refractivity contribution < 1.29 is 14.3 Å². The molecule has 43 heavy (non-hydrogen) atoms. The highest BCUT2D eigenvalue weighted by Gasteiger charge is 2.48. The van der Waals surface area contributed by atoms with Crippen LogP contribution in [0.25, 0.3) is 33.6 Å². The van der Waals surface area contributed by atoms with Crippen LogP contribution in [0.15, 0.2) is 36.5 Å². The molecule has 3 aliphatic carbocycles. The van der Waals surface area contributed by atoms with Gasteiger partial charge in [-0.1, -0.05) is 0 Å². The maximum atomic E-state index is 13.9. The Balaban J connectivity index is 1.17.